The summed E-state index contributed by atoms with van der Waals surface area (Å²) in [5, 5.41) is 4.95. The van der Waals surface area contributed by atoms with Crippen LogP contribution in [0.15, 0.2) is 0 Å². The molecular formula is C15H26N2S. The Morgan fingerprint density at radius 1 is 1.28 bits per heavy atom. The summed E-state index contributed by atoms with van der Waals surface area (Å²) in [5.74, 6) is 0. The minimum Gasteiger partial charge on any atom is -0.308 e. The Labute approximate surface area is 115 Å². The lowest BCUT2D eigenvalue weighted by Crippen LogP contribution is -2.53. The van der Waals surface area contributed by atoms with Crippen LogP contribution in [0, 0.1) is 12.3 Å². The van der Waals surface area contributed by atoms with Crippen LogP contribution in [-0.4, -0.2) is 12.0 Å². The van der Waals surface area contributed by atoms with Gasteiger partial charge in [0, 0.05) is 4.88 Å². The van der Waals surface area contributed by atoms with Crippen molar-refractivity contribution in [2.45, 2.75) is 65.3 Å². The summed E-state index contributed by atoms with van der Waals surface area (Å²) in [5.41, 5.74) is 1.65. The minimum absolute atomic E-state index is 0.0775. The van der Waals surface area contributed by atoms with Crippen molar-refractivity contribution in [3.63, 3.8) is 0 Å². The topological polar surface area (TPSA) is 24.9 Å². The van der Waals surface area contributed by atoms with Crippen LogP contribution in [0.1, 0.15) is 62.0 Å². The predicted octanol–water partition coefficient (Wildman–Crippen LogP) is 4.03. The van der Waals surface area contributed by atoms with E-state index in [1.54, 1.807) is 0 Å². The van der Waals surface area contributed by atoms with Gasteiger partial charge in [0.05, 0.1) is 11.2 Å². The lowest BCUT2D eigenvalue weighted by molar-refractivity contribution is 0.0665. The molecule has 1 heterocycles. The number of thiazole rings is 1. The smallest absolute Gasteiger partial charge is 0.114 e. The third kappa shape index (κ3) is 2.01. The molecule has 2 rings (SSSR count). The van der Waals surface area contributed by atoms with E-state index in [-0.39, 0.29) is 11.0 Å². The molecule has 0 spiro atoms. The highest BCUT2D eigenvalue weighted by Crippen LogP contribution is 2.51. The van der Waals surface area contributed by atoms with Gasteiger partial charge in [-0.15, -0.1) is 11.3 Å². The molecule has 0 aromatic carbocycles. The molecule has 1 atom stereocenters. The van der Waals surface area contributed by atoms with Gasteiger partial charge < -0.3 is 5.32 Å². The first-order valence-electron chi connectivity index (χ1n) is 7.12. The van der Waals surface area contributed by atoms with Gasteiger partial charge >= 0.3 is 0 Å². The standard InChI is InChI=1S/C15H26N2S/c1-6-12-11(2)18-13(17-12)15(16-5)10-8-7-9-14(15,3)4/h16H,6-10H2,1-5H3. The Morgan fingerprint density at radius 2 is 1.94 bits per heavy atom. The summed E-state index contributed by atoms with van der Waals surface area (Å²) in [6, 6.07) is 0. The maximum atomic E-state index is 4.95. The van der Waals surface area contributed by atoms with E-state index in [0.717, 1.165) is 6.42 Å². The number of aryl methyl sites for hydroxylation is 2. The largest absolute Gasteiger partial charge is 0.308 e. The second kappa shape index (κ2) is 4.93. The van der Waals surface area contributed by atoms with Crippen molar-refractivity contribution in [2.75, 3.05) is 7.05 Å². The van der Waals surface area contributed by atoms with Crippen molar-refractivity contribution in [2.24, 2.45) is 5.41 Å². The van der Waals surface area contributed by atoms with Crippen LogP contribution >= 0.6 is 11.3 Å². The first-order chi connectivity index (χ1) is 8.47. The molecule has 0 saturated heterocycles. The van der Waals surface area contributed by atoms with E-state index in [9.17, 15) is 0 Å². The fourth-order valence-corrected chi connectivity index (χ4v) is 4.82. The van der Waals surface area contributed by atoms with Gasteiger partial charge in [0.15, 0.2) is 0 Å². The van der Waals surface area contributed by atoms with E-state index in [2.05, 4.69) is 40.1 Å². The van der Waals surface area contributed by atoms with Crippen LogP contribution < -0.4 is 5.32 Å². The second-order valence-corrected chi connectivity index (χ2v) is 7.32. The highest BCUT2D eigenvalue weighted by molar-refractivity contribution is 7.11. The number of nitrogens with zero attached hydrogens (tertiary/aromatic N) is 1. The van der Waals surface area contributed by atoms with Gasteiger partial charge in [-0.25, -0.2) is 4.98 Å². The summed E-state index contributed by atoms with van der Waals surface area (Å²) < 4.78 is 0. The SMILES string of the molecule is CCc1nc(C2(NC)CCCCC2(C)C)sc1C. The third-order valence-corrected chi connectivity index (χ3v) is 5.95. The molecule has 1 aliphatic carbocycles. The Bertz CT molecular complexity index is 422. The number of nitrogens with one attached hydrogen (secondary N) is 1. The molecule has 0 aliphatic heterocycles. The van der Waals surface area contributed by atoms with Gasteiger partial charge in [0.25, 0.3) is 0 Å². The Kier molecular flexibility index (Phi) is 3.84. The average molecular weight is 266 g/mol. The fourth-order valence-electron chi connectivity index (χ4n) is 3.41. The maximum Gasteiger partial charge on any atom is 0.114 e. The zero-order valence-corrected chi connectivity index (χ0v) is 13.2. The van der Waals surface area contributed by atoms with Gasteiger partial charge in [-0.05, 0) is 38.6 Å². The van der Waals surface area contributed by atoms with E-state index in [1.165, 1.54) is 41.3 Å². The molecule has 1 aromatic heterocycles. The van der Waals surface area contributed by atoms with Gasteiger partial charge in [-0.3, -0.25) is 0 Å². The predicted molar refractivity (Wildman–Crippen MR) is 79.2 cm³/mol. The van der Waals surface area contributed by atoms with E-state index in [0.29, 0.717) is 0 Å². The van der Waals surface area contributed by atoms with E-state index in [1.807, 2.05) is 11.3 Å². The van der Waals surface area contributed by atoms with E-state index < -0.39 is 0 Å². The average Bonchev–Trinajstić information content (AvgIpc) is 2.70. The summed E-state index contributed by atoms with van der Waals surface area (Å²) >= 11 is 1.90. The molecular weight excluding hydrogens is 240 g/mol. The molecule has 2 nitrogen and oxygen atoms in total. The number of aromatic nitrogens is 1. The van der Waals surface area contributed by atoms with Crippen LogP contribution in [-0.2, 0) is 12.0 Å². The van der Waals surface area contributed by atoms with Crippen molar-refractivity contribution in [3.8, 4) is 0 Å². The van der Waals surface area contributed by atoms with Crippen LogP contribution in [0.5, 0.6) is 0 Å². The molecule has 1 unspecified atom stereocenters. The zero-order chi connectivity index (χ0) is 13.4. The first kappa shape index (κ1) is 14.0. The number of hydrogen-bond donors (Lipinski definition) is 1. The van der Waals surface area contributed by atoms with Crippen LogP contribution in [0.2, 0.25) is 0 Å². The summed E-state index contributed by atoms with van der Waals surface area (Å²) in [4.78, 5) is 6.34. The monoisotopic (exact) mass is 266 g/mol. The van der Waals surface area contributed by atoms with Gasteiger partial charge in [-0.1, -0.05) is 33.6 Å². The molecule has 3 heteroatoms. The van der Waals surface area contributed by atoms with Crippen molar-refractivity contribution in [1.29, 1.82) is 0 Å². The molecule has 18 heavy (non-hydrogen) atoms. The maximum absolute atomic E-state index is 4.95. The summed E-state index contributed by atoms with van der Waals surface area (Å²) in [7, 11) is 2.11. The van der Waals surface area contributed by atoms with Crippen molar-refractivity contribution < 1.29 is 0 Å². The first-order valence-corrected chi connectivity index (χ1v) is 7.94. The van der Waals surface area contributed by atoms with Gasteiger partial charge in [0.2, 0.25) is 0 Å². The molecule has 1 aliphatic rings. The lowest BCUT2D eigenvalue weighted by atomic mass is 9.63. The third-order valence-electron chi connectivity index (χ3n) is 4.78. The highest BCUT2D eigenvalue weighted by atomic mass is 32.1. The fraction of sp³-hybridized carbons (Fsp3) is 0.800. The molecule has 1 saturated carbocycles. The Morgan fingerprint density at radius 3 is 2.44 bits per heavy atom. The van der Waals surface area contributed by atoms with Crippen LogP contribution in [0.4, 0.5) is 0 Å². The van der Waals surface area contributed by atoms with Crippen LogP contribution in [0.3, 0.4) is 0 Å². The van der Waals surface area contributed by atoms with Crippen molar-refractivity contribution >= 4 is 11.3 Å². The highest BCUT2D eigenvalue weighted by Gasteiger charge is 2.48. The number of rotatable bonds is 3. The summed E-state index contributed by atoms with van der Waals surface area (Å²) in [6.45, 7) is 9.19. The van der Waals surface area contributed by atoms with Gasteiger partial charge in [-0.2, -0.15) is 0 Å². The Balaban J connectivity index is 2.47. The van der Waals surface area contributed by atoms with E-state index in [4.69, 9.17) is 4.98 Å². The lowest BCUT2D eigenvalue weighted by Gasteiger charge is -2.49. The zero-order valence-electron chi connectivity index (χ0n) is 12.4. The van der Waals surface area contributed by atoms with Gasteiger partial charge in [0.1, 0.15) is 5.01 Å². The molecule has 1 aromatic rings. The number of hydrogen-bond acceptors (Lipinski definition) is 3. The molecule has 1 fully saturated rings. The normalized spacial score (nSPS) is 27.4. The summed E-state index contributed by atoms with van der Waals surface area (Å²) in [6.07, 6.45) is 6.20. The van der Waals surface area contributed by atoms with E-state index >= 15 is 0 Å². The minimum atomic E-state index is 0.0775. The van der Waals surface area contributed by atoms with Crippen molar-refractivity contribution in [3.05, 3.63) is 15.6 Å². The molecule has 0 radical (unpaired) electrons. The molecule has 1 N–H and O–H groups in total. The molecule has 102 valence electrons. The quantitative estimate of drug-likeness (QED) is 0.893. The second-order valence-electron chi connectivity index (χ2n) is 6.12. The molecule has 0 amide bonds. The van der Waals surface area contributed by atoms with Crippen molar-refractivity contribution in [1.82, 2.24) is 10.3 Å². The Hall–Kier alpha value is -0.410. The van der Waals surface area contributed by atoms with Crippen LogP contribution in [0.25, 0.3) is 0 Å². The molecule has 0 bridgehead atoms.